The Morgan fingerprint density at radius 1 is 1.21 bits per heavy atom. The van der Waals surface area contributed by atoms with E-state index in [1.54, 1.807) is 0 Å². The van der Waals surface area contributed by atoms with Crippen molar-refractivity contribution in [3.05, 3.63) is 0 Å². The van der Waals surface area contributed by atoms with Gasteiger partial charge in [-0.2, -0.15) is 21.6 Å². The lowest BCUT2D eigenvalue weighted by Gasteiger charge is -2.06. The Hall–Kier alpha value is -0.370. The van der Waals surface area contributed by atoms with Gasteiger partial charge in [0.1, 0.15) is 0 Å². The van der Waals surface area contributed by atoms with Crippen molar-refractivity contribution >= 4 is 10.1 Å². The Balaban J connectivity index is 3.67. The number of rotatable bonds is 5. The number of hydrogen-bond acceptors (Lipinski definition) is 2. The van der Waals surface area contributed by atoms with Gasteiger partial charge in [0.2, 0.25) is 5.50 Å². The maximum atomic E-state index is 12.4. The second kappa shape index (κ2) is 4.92. The largest absolute Gasteiger partial charge is 0.389 e. The zero-order valence-electron chi connectivity index (χ0n) is 7.09. The van der Waals surface area contributed by atoms with Crippen LogP contribution in [0, 0.1) is 0 Å². The minimum Gasteiger partial charge on any atom is -0.283 e. The van der Waals surface area contributed by atoms with Gasteiger partial charge in [-0.05, 0) is 19.3 Å². The van der Waals surface area contributed by atoms with Gasteiger partial charge in [0, 0.05) is 6.42 Å². The molecule has 86 valence electrons. The van der Waals surface area contributed by atoms with Crippen LogP contribution < -0.4 is 0 Å². The van der Waals surface area contributed by atoms with Crippen LogP contribution in [0.25, 0.3) is 0 Å². The third kappa shape index (κ3) is 7.07. The van der Waals surface area contributed by atoms with Gasteiger partial charge >= 0.3 is 6.18 Å². The topological polar surface area (TPSA) is 54.4 Å². The molecule has 0 fully saturated rings. The molecule has 0 saturated heterocycles. The average Bonchev–Trinajstić information content (AvgIpc) is 1.93. The molecule has 0 rings (SSSR count). The molecule has 0 heterocycles. The van der Waals surface area contributed by atoms with Gasteiger partial charge < -0.3 is 0 Å². The fraction of sp³-hybridized carbons (Fsp3) is 1.00. The number of unbranched alkanes of at least 4 members (excludes halogenated alkanes) is 1. The highest BCUT2D eigenvalue weighted by atomic mass is 32.2. The van der Waals surface area contributed by atoms with E-state index >= 15 is 0 Å². The molecule has 0 bridgehead atoms. The molecule has 1 N–H and O–H groups in total. The monoisotopic (exact) mass is 238 g/mol. The van der Waals surface area contributed by atoms with Crippen molar-refractivity contribution in [3.8, 4) is 0 Å². The standard InChI is InChI=1S/C6H10F4O3S/c7-5(14(11,12)13)3-1-2-4-6(8,9)10/h5H,1-4H2,(H,11,12,13). The predicted octanol–water partition coefficient (Wildman–Crippen LogP) is 2.29. The van der Waals surface area contributed by atoms with Crippen LogP contribution in [0.1, 0.15) is 25.7 Å². The van der Waals surface area contributed by atoms with Gasteiger partial charge in [-0.1, -0.05) is 0 Å². The fourth-order valence-corrected chi connectivity index (χ4v) is 1.24. The van der Waals surface area contributed by atoms with Gasteiger partial charge in [0.05, 0.1) is 0 Å². The first-order valence-electron chi connectivity index (χ1n) is 3.80. The maximum Gasteiger partial charge on any atom is 0.389 e. The molecule has 3 nitrogen and oxygen atoms in total. The Bertz CT molecular complexity index is 259. The lowest BCUT2D eigenvalue weighted by Crippen LogP contribution is -2.15. The van der Waals surface area contributed by atoms with E-state index < -0.39 is 34.6 Å². The predicted molar refractivity (Wildman–Crippen MR) is 41.0 cm³/mol. The molecule has 0 radical (unpaired) electrons. The highest BCUT2D eigenvalue weighted by molar-refractivity contribution is 7.86. The summed E-state index contributed by atoms with van der Waals surface area (Å²) in [5, 5.41) is 0. The Labute approximate surface area is 78.9 Å². The Morgan fingerprint density at radius 3 is 2.07 bits per heavy atom. The first-order chi connectivity index (χ1) is 6.13. The molecule has 1 unspecified atom stereocenters. The highest BCUT2D eigenvalue weighted by Gasteiger charge is 2.27. The quantitative estimate of drug-likeness (QED) is 0.454. The summed E-state index contributed by atoms with van der Waals surface area (Å²) in [7, 11) is -4.77. The van der Waals surface area contributed by atoms with E-state index in [1.165, 1.54) is 0 Å². The van der Waals surface area contributed by atoms with Crippen molar-refractivity contribution in [1.82, 2.24) is 0 Å². The van der Waals surface area contributed by atoms with Crippen molar-refractivity contribution in [2.24, 2.45) is 0 Å². The highest BCUT2D eigenvalue weighted by Crippen LogP contribution is 2.23. The van der Waals surface area contributed by atoms with E-state index in [9.17, 15) is 26.0 Å². The fourth-order valence-electron chi connectivity index (χ4n) is 0.779. The molecular weight excluding hydrogens is 228 g/mol. The van der Waals surface area contributed by atoms with Crippen LogP contribution >= 0.6 is 0 Å². The maximum absolute atomic E-state index is 12.4. The molecule has 0 aromatic carbocycles. The summed E-state index contributed by atoms with van der Waals surface area (Å²) in [4.78, 5) is 0. The molecule has 0 aromatic heterocycles. The molecule has 0 spiro atoms. The third-order valence-corrected chi connectivity index (χ3v) is 2.35. The van der Waals surface area contributed by atoms with E-state index in [0.717, 1.165) is 0 Å². The average molecular weight is 238 g/mol. The summed E-state index contributed by atoms with van der Waals surface area (Å²) >= 11 is 0. The molecule has 0 aliphatic carbocycles. The van der Waals surface area contributed by atoms with E-state index in [0.29, 0.717) is 0 Å². The summed E-state index contributed by atoms with van der Waals surface area (Å²) in [5.74, 6) is 0. The van der Waals surface area contributed by atoms with Crippen molar-refractivity contribution < 1.29 is 30.5 Å². The SMILES string of the molecule is O=S(=O)(O)C(F)CCCCC(F)(F)F. The van der Waals surface area contributed by atoms with Crippen LogP contribution in [-0.2, 0) is 10.1 Å². The Morgan fingerprint density at radius 2 is 1.71 bits per heavy atom. The minimum absolute atomic E-state index is 0.236. The van der Waals surface area contributed by atoms with Crippen LogP contribution in [0.3, 0.4) is 0 Å². The number of hydrogen-bond donors (Lipinski definition) is 1. The van der Waals surface area contributed by atoms with E-state index in [1.807, 2.05) is 0 Å². The van der Waals surface area contributed by atoms with Crippen molar-refractivity contribution in [2.45, 2.75) is 37.4 Å². The lowest BCUT2D eigenvalue weighted by atomic mass is 10.2. The summed E-state index contributed by atoms with van der Waals surface area (Å²) < 4.78 is 75.4. The number of halogens is 4. The van der Waals surface area contributed by atoms with E-state index in [-0.39, 0.29) is 12.8 Å². The molecule has 0 amide bonds. The summed E-state index contributed by atoms with van der Waals surface area (Å²) in [6, 6.07) is 0. The molecule has 0 saturated carbocycles. The van der Waals surface area contributed by atoms with Crippen LogP contribution in [0.5, 0.6) is 0 Å². The van der Waals surface area contributed by atoms with Crippen LogP contribution in [0.2, 0.25) is 0 Å². The summed E-state index contributed by atoms with van der Waals surface area (Å²) in [5.41, 5.74) is -2.49. The van der Waals surface area contributed by atoms with Gasteiger partial charge in [0.15, 0.2) is 0 Å². The molecule has 0 aromatic rings. The lowest BCUT2D eigenvalue weighted by molar-refractivity contribution is -0.135. The second-order valence-electron chi connectivity index (χ2n) is 2.79. The third-order valence-electron chi connectivity index (χ3n) is 1.46. The zero-order chi connectivity index (χ0) is 11.4. The van der Waals surface area contributed by atoms with Crippen LogP contribution in [-0.4, -0.2) is 24.7 Å². The molecular formula is C6H10F4O3S. The normalized spacial score (nSPS) is 15.5. The van der Waals surface area contributed by atoms with E-state index in [2.05, 4.69) is 0 Å². The minimum atomic E-state index is -4.77. The van der Waals surface area contributed by atoms with Gasteiger partial charge in [-0.25, -0.2) is 4.39 Å². The molecule has 14 heavy (non-hydrogen) atoms. The zero-order valence-corrected chi connectivity index (χ0v) is 7.91. The Kier molecular flexibility index (Phi) is 4.79. The van der Waals surface area contributed by atoms with Crippen LogP contribution in [0.4, 0.5) is 17.6 Å². The van der Waals surface area contributed by atoms with Crippen molar-refractivity contribution in [1.29, 1.82) is 0 Å². The molecule has 0 aliphatic rings. The molecule has 0 aliphatic heterocycles. The van der Waals surface area contributed by atoms with E-state index in [4.69, 9.17) is 4.55 Å². The first kappa shape index (κ1) is 13.6. The van der Waals surface area contributed by atoms with Gasteiger partial charge in [0.25, 0.3) is 10.1 Å². The van der Waals surface area contributed by atoms with Gasteiger partial charge in [-0.15, -0.1) is 0 Å². The molecule has 8 heteroatoms. The number of alkyl halides is 4. The molecule has 1 atom stereocenters. The van der Waals surface area contributed by atoms with Crippen molar-refractivity contribution in [2.75, 3.05) is 0 Å². The first-order valence-corrected chi connectivity index (χ1v) is 5.30. The smallest absolute Gasteiger partial charge is 0.283 e. The summed E-state index contributed by atoms with van der Waals surface area (Å²) in [6.07, 6.45) is -6.59. The van der Waals surface area contributed by atoms with Gasteiger partial charge in [-0.3, -0.25) is 4.55 Å². The summed E-state index contributed by atoms with van der Waals surface area (Å²) in [6.45, 7) is 0. The van der Waals surface area contributed by atoms with Crippen LogP contribution in [0.15, 0.2) is 0 Å². The van der Waals surface area contributed by atoms with Crippen molar-refractivity contribution in [3.63, 3.8) is 0 Å². The second-order valence-corrected chi connectivity index (χ2v) is 4.33.